The summed E-state index contributed by atoms with van der Waals surface area (Å²) in [5, 5.41) is 5.96. The molecule has 0 aliphatic carbocycles. The summed E-state index contributed by atoms with van der Waals surface area (Å²) in [5.74, 6) is -0.109. The number of hydrogen-bond acceptors (Lipinski definition) is 2. The van der Waals surface area contributed by atoms with Crippen molar-refractivity contribution >= 4 is 17.5 Å². The molecule has 0 fully saturated rings. The highest BCUT2D eigenvalue weighted by molar-refractivity contribution is 5.93. The summed E-state index contributed by atoms with van der Waals surface area (Å²) < 4.78 is 0. The minimum atomic E-state index is -0.254. The maximum atomic E-state index is 12.4. The van der Waals surface area contributed by atoms with E-state index in [4.69, 9.17) is 0 Å². The third-order valence-electron chi connectivity index (χ3n) is 3.70. The second-order valence-corrected chi connectivity index (χ2v) is 7.32. The number of para-hydroxylation sites is 1. The first kappa shape index (κ1) is 20.2. The molecule has 134 valence electrons. The molecule has 1 unspecified atom stereocenters. The first-order valence-corrected chi connectivity index (χ1v) is 8.69. The number of carbonyl (C=O) groups is 2. The molecule has 5 nitrogen and oxygen atoms in total. The Morgan fingerprint density at radius 1 is 1.00 bits per heavy atom. The van der Waals surface area contributed by atoms with Gasteiger partial charge in [-0.2, -0.15) is 0 Å². The highest BCUT2D eigenvalue weighted by Gasteiger charge is 2.19. The van der Waals surface area contributed by atoms with Crippen molar-refractivity contribution in [2.75, 3.05) is 25.5 Å². The van der Waals surface area contributed by atoms with Crippen molar-refractivity contribution < 1.29 is 14.5 Å². The Kier molecular flexibility index (Phi) is 7.42. The van der Waals surface area contributed by atoms with Gasteiger partial charge in [0.2, 0.25) is 0 Å². The second-order valence-electron chi connectivity index (χ2n) is 7.32. The van der Waals surface area contributed by atoms with Gasteiger partial charge in [0, 0.05) is 11.2 Å². The summed E-state index contributed by atoms with van der Waals surface area (Å²) in [6.45, 7) is 10.5. The SMILES string of the molecule is CCc1cccc(CC)c1NC(=O)C[NH+](C)CC(=O)NC(C)(C)C. The fraction of sp³-hybridized carbons (Fsp3) is 0.579. The average Bonchev–Trinajstić information content (AvgIpc) is 2.44. The maximum Gasteiger partial charge on any atom is 0.279 e. The van der Waals surface area contributed by atoms with Crippen LogP contribution in [0.2, 0.25) is 0 Å². The lowest BCUT2D eigenvalue weighted by Gasteiger charge is -2.22. The van der Waals surface area contributed by atoms with E-state index >= 15 is 0 Å². The molecule has 0 saturated heterocycles. The van der Waals surface area contributed by atoms with Gasteiger partial charge in [0.05, 0.1) is 7.05 Å². The predicted octanol–water partition coefficient (Wildman–Crippen LogP) is 1.18. The van der Waals surface area contributed by atoms with Crippen molar-refractivity contribution in [3.05, 3.63) is 29.3 Å². The number of likely N-dealkylation sites (N-methyl/N-ethyl adjacent to an activating group) is 1. The zero-order valence-electron chi connectivity index (χ0n) is 15.9. The van der Waals surface area contributed by atoms with E-state index in [9.17, 15) is 9.59 Å². The molecule has 0 heterocycles. The van der Waals surface area contributed by atoms with Crippen molar-refractivity contribution in [1.82, 2.24) is 5.32 Å². The van der Waals surface area contributed by atoms with Gasteiger partial charge in [-0.1, -0.05) is 32.0 Å². The smallest absolute Gasteiger partial charge is 0.279 e. The molecule has 1 aromatic rings. The first-order chi connectivity index (χ1) is 11.2. The van der Waals surface area contributed by atoms with Crippen LogP contribution in [-0.2, 0) is 22.4 Å². The van der Waals surface area contributed by atoms with Crippen LogP contribution in [0.5, 0.6) is 0 Å². The lowest BCUT2D eigenvalue weighted by atomic mass is 10.0. The average molecular weight is 334 g/mol. The lowest BCUT2D eigenvalue weighted by molar-refractivity contribution is -0.862. The van der Waals surface area contributed by atoms with Crippen LogP contribution in [-0.4, -0.2) is 37.5 Å². The summed E-state index contributed by atoms with van der Waals surface area (Å²) >= 11 is 0. The van der Waals surface area contributed by atoms with Gasteiger partial charge in [-0.25, -0.2) is 0 Å². The van der Waals surface area contributed by atoms with Crippen LogP contribution in [0.15, 0.2) is 18.2 Å². The molecule has 1 rings (SSSR count). The fourth-order valence-electron chi connectivity index (χ4n) is 2.66. The molecule has 3 N–H and O–H groups in total. The van der Waals surface area contributed by atoms with Crippen LogP contribution < -0.4 is 15.5 Å². The van der Waals surface area contributed by atoms with Gasteiger partial charge >= 0.3 is 0 Å². The van der Waals surface area contributed by atoms with Gasteiger partial charge in [-0.05, 0) is 44.7 Å². The predicted molar refractivity (Wildman–Crippen MR) is 98.3 cm³/mol. The Hall–Kier alpha value is -1.88. The highest BCUT2D eigenvalue weighted by Crippen LogP contribution is 2.22. The van der Waals surface area contributed by atoms with Crippen LogP contribution in [0.4, 0.5) is 5.69 Å². The van der Waals surface area contributed by atoms with Crippen LogP contribution >= 0.6 is 0 Å². The first-order valence-electron chi connectivity index (χ1n) is 8.69. The zero-order chi connectivity index (χ0) is 18.3. The molecule has 0 spiro atoms. The molecule has 0 bridgehead atoms. The van der Waals surface area contributed by atoms with Gasteiger partial charge in [-0.3, -0.25) is 9.59 Å². The van der Waals surface area contributed by atoms with E-state index in [1.807, 2.05) is 46.0 Å². The van der Waals surface area contributed by atoms with Crippen molar-refractivity contribution in [1.29, 1.82) is 0 Å². The van der Waals surface area contributed by atoms with Crippen molar-refractivity contribution in [3.8, 4) is 0 Å². The van der Waals surface area contributed by atoms with E-state index in [2.05, 4.69) is 24.5 Å². The minimum Gasteiger partial charge on any atom is -0.347 e. The number of quaternary nitrogens is 1. The lowest BCUT2D eigenvalue weighted by Crippen LogP contribution is -3.11. The quantitative estimate of drug-likeness (QED) is 0.701. The Morgan fingerprint density at radius 2 is 1.50 bits per heavy atom. The number of hydrogen-bond donors (Lipinski definition) is 3. The number of anilines is 1. The molecule has 0 aliphatic rings. The molecule has 0 saturated carbocycles. The molecular formula is C19H32N3O2+. The summed E-state index contributed by atoms with van der Waals surface area (Å²) in [4.78, 5) is 25.2. The number of benzene rings is 1. The molecule has 5 heteroatoms. The van der Waals surface area contributed by atoms with Crippen LogP contribution in [0.25, 0.3) is 0 Å². The molecule has 0 aromatic heterocycles. The van der Waals surface area contributed by atoms with E-state index in [1.165, 1.54) is 0 Å². The van der Waals surface area contributed by atoms with Gasteiger partial charge < -0.3 is 15.5 Å². The van der Waals surface area contributed by atoms with E-state index < -0.39 is 0 Å². The van der Waals surface area contributed by atoms with Gasteiger partial charge in [0.15, 0.2) is 13.1 Å². The topological polar surface area (TPSA) is 62.6 Å². The van der Waals surface area contributed by atoms with Crippen LogP contribution in [0, 0.1) is 0 Å². The zero-order valence-corrected chi connectivity index (χ0v) is 15.9. The van der Waals surface area contributed by atoms with Crippen molar-refractivity contribution in [3.63, 3.8) is 0 Å². The third-order valence-corrected chi connectivity index (χ3v) is 3.70. The van der Waals surface area contributed by atoms with Gasteiger partial charge in [0.25, 0.3) is 11.8 Å². The molecule has 0 radical (unpaired) electrons. The van der Waals surface area contributed by atoms with Gasteiger partial charge in [-0.15, -0.1) is 0 Å². The van der Waals surface area contributed by atoms with E-state index in [-0.39, 0.29) is 30.4 Å². The van der Waals surface area contributed by atoms with E-state index in [0.717, 1.165) is 34.6 Å². The number of rotatable bonds is 7. The normalized spacial score (nSPS) is 12.6. The monoisotopic (exact) mass is 334 g/mol. The number of amides is 2. The summed E-state index contributed by atoms with van der Waals surface area (Å²) in [7, 11) is 1.86. The molecule has 1 atom stereocenters. The van der Waals surface area contributed by atoms with E-state index in [0.29, 0.717) is 0 Å². The molecule has 2 amide bonds. The summed E-state index contributed by atoms with van der Waals surface area (Å²) in [6, 6.07) is 6.12. The van der Waals surface area contributed by atoms with Crippen molar-refractivity contribution in [2.24, 2.45) is 0 Å². The standard InChI is InChI=1S/C19H31N3O2/c1-7-14-10-9-11-15(8-2)18(14)20-16(23)12-22(6)13-17(24)21-19(3,4)5/h9-11H,7-8,12-13H2,1-6H3,(H,20,23)(H,21,24)/p+1. The third kappa shape index (κ3) is 6.71. The van der Waals surface area contributed by atoms with Crippen molar-refractivity contribution in [2.45, 2.75) is 53.0 Å². The number of carbonyl (C=O) groups excluding carboxylic acids is 2. The van der Waals surface area contributed by atoms with E-state index in [1.54, 1.807) is 0 Å². The summed E-state index contributed by atoms with van der Waals surface area (Å²) in [6.07, 6.45) is 1.75. The Labute approximate surface area is 145 Å². The number of aryl methyl sites for hydroxylation is 2. The van der Waals surface area contributed by atoms with Crippen LogP contribution in [0.3, 0.4) is 0 Å². The van der Waals surface area contributed by atoms with Crippen LogP contribution in [0.1, 0.15) is 45.7 Å². The molecule has 1 aromatic carbocycles. The molecule has 24 heavy (non-hydrogen) atoms. The Bertz CT molecular complexity index is 554. The second kappa shape index (κ2) is 8.83. The fourth-order valence-corrected chi connectivity index (χ4v) is 2.66. The molecule has 0 aliphatic heterocycles. The number of nitrogens with one attached hydrogen (secondary N) is 3. The minimum absolute atomic E-state index is 0.0454. The Balaban J connectivity index is 2.65. The maximum absolute atomic E-state index is 12.4. The summed E-state index contributed by atoms with van der Waals surface area (Å²) in [5.41, 5.74) is 2.96. The van der Waals surface area contributed by atoms with Gasteiger partial charge in [0.1, 0.15) is 0 Å². The Morgan fingerprint density at radius 3 is 1.96 bits per heavy atom. The highest BCUT2D eigenvalue weighted by atomic mass is 16.2. The molecular weight excluding hydrogens is 302 g/mol. The largest absolute Gasteiger partial charge is 0.347 e.